The lowest BCUT2D eigenvalue weighted by molar-refractivity contribution is -0.149. The van der Waals surface area contributed by atoms with Gasteiger partial charge >= 0.3 is 5.97 Å². The summed E-state index contributed by atoms with van der Waals surface area (Å²) in [5.41, 5.74) is 1.44. The monoisotopic (exact) mass is 416 g/mol. The van der Waals surface area contributed by atoms with E-state index >= 15 is 0 Å². The molecule has 0 radical (unpaired) electrons. The summed E-state index contributed by atoms with van der Waals surface area (Å²) in [6.07, 6.45) is 1.20. The van der Waals surface area contributed by atoms with Crippen LogP contribution >= 0.6 is 0 Å². The molecule has 0 spiro atoms. The van der Waals surface area contributed by atoms with Crippen molar-refractivity contribution in [3.63, 3.8) is 0 Å². The van der Waals surface area contributed by atoms with Gasteiger partial charge in [0.25, 0.3) is 5.56 Å². The fourth-order valence-electron chi connectivity index (χ4n) is 4.28. The van der Waals surface area contributed by atoms with Crippen molar-refractivity contribution >= 4 is 5.97 Å². The van der Waals surface area contributed by atoms with Gasteiger partial charge in [-0.15, -0.1) is 0 Å². The number of hydrogen-bond donors (Lipinski definition) is 1. The number of aromatic hydroxyl groups is 1. The van der Waals surface area contributed by atoms with Crippen molar-refractivity contribution < 1.29 is 19.0 Å². The van der Waals surface area contributed by atoms with Gasteiger partial charge in [-0.25, -0.2) is 4.39 Å². The fraction of sp³-hybridized carbons (Fsp3) is 0.478. The van der Waals surface area contributed by atoms with Crippen molar-refractivity contribution in [1.82, 2.24) is 9.47 Å². The van der Waals surface area contributed by atoms with Crippen molar-refractivity contribution in [3.05, 3.63) is 63.3 Å². The van der Waals surface area contributed by atoms with Crippen LogP contribution in [0.3, 0.4) is 0 Å². The summed E-state index contributed by atoms with van der Waals surface area (Å²) in [7, 11) is 0. The van der Waals surface area contributed by atoms with Crippen LogP contribution in [0.2, 0.25) is 0 Å². The number of aryl methyl sites for hydroxylation is 1. The van der Waals surface area contributed by atoms with E-state index in [1.807, 2.05) is 6.92 Å². The van der Waals surface area contributed by atoms with Crippen LogP contribution in [-0.4, -0.2) is 40.2 Å². The number of ether oxygens (including phenoxy) is 1. The van der Waals surface area contributed by atoms with E-state index in [1.54, 1.807) is 36.6 Å². The molecule has 1 aromatic carbocycles. The zero-order chi connectivity index (χ0) is 21.8. The summed E-state index contributed by atoms with van der Waals surface area (Å²) >= 11 is 0. The normalized spacial score (nSPS) is 16.4. The number of benzene rings is 1. The van der Waals surface area contributed by atoms with E-state index in [2.05, 4.69) is 4.90 Å². The van der Waals surface area contributed by atoms with E-state index in [0.717, 1.165) is 5.56 Å². The lowest BCUT2D eigenvalue weighted by Gasteiger charge is -2.37. The van der Waals surface area contributed by atoms with Gasteiger partial charge in [-0.1, -0.05) is 12.1 Å². The molecule has 1 saturated heterocycles. The summed E-state index contributed by atoms with van der Waals surface area (Å²) in [6.45, 7) is 7.41. The van der Waals surface area contributed by atoms with Gasteiger partial charge in [0.05, 0.1) is 24.1 Å². The average molecular weight is 416 g/mol. The summed E-state index contributed by atoms with van der Waals surface area (Å²) in [5.74, 6) is -0.794. The molecule has 1 aliphatic rings. The molecule has 3 rings (SSSR count). The molecule has 0 bridgehead atoms. The van der Waals surface area contributed by atoms with Crippen molar-refractivity contribution in [1.29, 1.82) is 0 Å². The Kier molecular flexibility index (Phi) is 6.92. The van der Waals surface area contributed by atoms with Crippen LogP contribution in [0.25, 0.3) is 0 Å². The highest BCUT2D eigenvalue weighted by atomic mass is 19.1. The Morgan fingerprint density at radius 3 is 2.43 bits per heavy atom. The molecule has 1 aliphatic heterocycles. The van der Waals surface area contributed by atoms with Crippen molar-refractivity contribution in [2.24, 2.45) is 5.92 Å². The first-order valence-corrected chi connectivity index (χ1v) is 10.5. The Bertz CT molecular complexity index is 947. The van der Waals surface area contributed by atoms with E-state index in [9.17, 15) is 19.1 Å². The van der Waals surface area contributed by atoms with Crippen LogP contribution in [0.5, 0.6) is 5.75 Å². The van der Waals surface area contributed by atoms with Gasteiger partial charge in [0.2, 0.25) is 0 Å². The van der Waals surface area contributed by atoms with Gasteiger partial charge in [-0.2, -0.15) is 0 Å². The van der Waals surface area contributed by atoms with E-state index in [1.165, 1.54) is 12.1 Å². The van der Waals surface area contributed by atoms with Gasteiger partial charge in [0, 0.05) is 12.2 Å². The molecular formula is C23H29FN2O4. The molecule has 1 N–H and O–H groups in total. The van der Waals surface area contributed by atoms with E-state index in [0.29, 0.717) is 44.8 Å². The molecule has 162 valence electrons. The number of hydrogen-bond acceptors (Lipinski definition) is 5. The van der Waals surface area contributed by atoms with Crippen LogP contribution in [0.15, 0.2) is 35.1 Å². The van der Waals surface area contributed by atoms with Crippen LogP contribution in [-0.2, 0) is 16.1 Å². The minimum atomic E-state index is -0.528. The zero-order valence-electron chi connectivity index (χ0n) is 17.7. The van der Waals surface area contributed by atoms with Gasteiger partial charge in [0.1, 0.15) is 11.6 Å². The highest BCUT2D eigenvalue weighted by Gasteiger charge is 2.34. The van der Waals surface area contributed by atoms with E-state index < -0.39 is 6.04 Å². The average Bonchev–Trinajstić information content (AvgIpc) is 2.72. The maximum absolute atomic E-state index is 13.6. The number of pyridine rings is 1. The summed E-state index contributed by atoms with van der Waals surface area (Å²) in [5, 5.41) is 10.7. The number of rotatable bonds is 6. The Morgan fingerprint density at radius 1 is 1.23 bits per heavy atom. The number of carbonyl (C=O) groups excluding carboxylic acids is 1. The lowest BCUT2D eigenvalue weighted by Crippen LogP contribution is -2.42. The topological polar surface area (TPSA) is 71.8 Å². The summed E-state index contributed by atoms with van der Waals surface area (Å²) < 4.78 is 20.3. The van der Waals surface area contributed by atoms with Gasteiger partial charge < -0.3 is 14.4 Å². The predicted octanol–water partition coefficient (Wildman–Crippen LogP) is 3.39. The summed E-state index contributed by atoms with van der Waals surface area (Å²) in [6, 6.07) is 7.08. The molecule has 30 heavy (non-hydrogen) atoms. The molecule has 0 aliphatic carbocycles. The number of likely N-dealkylation sites (tertiary alicyclic amines) is 1. The largest absolute Gasteiger partial charge is 0.507 e. The van der Waals surface area contributed by atoms with E-state index in [-0.39, 0.29) is 34.6 Å². The van der Waals surface area contributed by atoms with Crippen molar-refractivity contribution in [2.45, 2.75) is 46.2 Å². The van der Waals surface area contributed by atoms with Crippen molar-refractivity contribution in [3.8, 4) is 5.75 Å². The molecule has 2 aromatic rings. The molecule has 1 aromatic heterocycles. The molecular weight excluding hydrogens is 387 g/mol. The second-order valence-electron chi connectivity index (χ2n) is 7.65. The number of carbonyl (C=O) groups is 1. The third-order valence-corrected chi connectivity index (χ3v) is 5.81. The van der Waals surface area contributed by atoms with Gasteiger partial charge in [0.15, 0.2) is 0 Å². The number of aromatic nitrogens is 1. The smallest absolute Gasteiger partial charge is 0.309 e. The van der Waals surface area contributed by atoms with E-state index in [4.69, 9.17) is 4.74 Å². The van der Waals surface area contributed by atoms with Crippen LogP contribution in [0.4, 0.5) is 4.39 Å². The zero-order valence-corrected chi connectivity index (χ0v) is 17.7. The molecule has 1 fully saturated rings. The first kappa shape index (κ1) is 22.0. The number of nitrogens with zero attached hydrogens (tertiary/aromatic N) is 2. The van der Waals surface area contributed by atoms with Gasteiger partial charge in [-0.3, -0.25) is 14.5 Å². The van der Waals surface area contributed by atoms with Gasteiger partial charge in [-0.05, 0) is 70.5 Å². The number of halogens is 1. The summed E-state index contributed by atoms with van der Waals surface area (Å²) in [4.78, 5) is 27.4. The first-order chi connectivity index (χ1) is 14.4. The SMILES string of the molecule is CCOC(=O)C1CCN([C@H](c2ccc(F)cc2)c2c(O)cc(C)n(CC)c2=O)CC1. The minimum Gasteiger partial charge on any atom is -0.507 e. The third kappa shape index (κ3) is 4.41. The lowest BCUT2D eigenvalue weighted by atomic mass is 9.91. The molecule has 0 amide bonds. The molecule has 7 heteroatoms. The first-order valence-electron chi connectivity index (χ1n) is 10.5. The standard InChI is InChI=1S/C23H29FN2O4/c1-4-26-15(3)14-19(27)20(22(26)28)21(16-6-8-18(24)9-7-16)25-12-10-17(11-13-25)23(29)30-5-2/h6-9,14,17,21,27H,4-5,10-13H2,1-3H3/t21-/m1/s1. The van der Waals surface area contributed by atoms with Crippen molar-refractivity contribution in [2.75, 3.05) is 19.7 Å². The van der Waals surface area contributed by atoms with Crippen LogP contribution < -0.4 is 5.56 Å². The number of piperidine rings is 1. The second kappa shape index (κ2) is 9.43. The Morgan fingerprint density at radius 2 is 1.87 bits per heavy atom. The highest BCUT2D eigenvalue weighted by Crippen LogP contribution is 2.35. The molecule has 1 atom stereocenters. The Labute approximate surface area is 175 Å². The Hall–Kier alpha value is -2.67. The molecule has 0 saturated carbocycles. The molecule has 0 unspecified atom stereocenters. The molecule has 2 heterocycles. The second-order valence-corrected chi connectivity index (χ2v) is 7.65. The quantitative estimate of drug-likeness (QED) is 0.731. The minimum absolute atomic E-state index is 0.0657. The highest BCUT2D eigenvalue weighted by molar-refractivity contribution is 5.72. The Balaban J connectivity index is 2.01. The van der Waals surface area contributed by atoms with Crippen LogP contribution in [0.1, 0.15) is 49.6 Å². The maximum atomic E-state index is 13.6. The van der Waals surface area contributed by atoms with Crippen LogP contribution in [0, 0.1) is 18.7 Å². The maximum Gasteiger partial charge on any atom is 0.309 e. The molecule has 6 nitrogen and oxygen atoms in total. The predicted molar refractivity (Wildman–Crippen MR) is 112 cm³/mol. The third-order valence-electron chi connectivity index (χ3n) is 5.81. The fourth-order valence-corrected chi connectivity index (χ4v) is 4.28. The number of esters is 1.